The minimum atomic E-state index is 0.147. The largest absolute Gasteiger partial charge is 0.309 e. The Morgan fingerprint density at radius 2 is 1.71 bits per heavy atom. The molecule has 1 aliphatic rings. The molecule has 1 fully saturated rings. The van der Waals surface area contributed by atoms with Crippen LogP contribution in [-0.4, -0.2) is 11.5 Å². The summed E-state index contributed by atoms with van der Waals surface area (Å²) >= 11 is 1.87. The maximum absolute atomic E-state index is 4.78. The van der Waals surface area contributed by atoms with E-state index in [0.717, 1.165) is 12.5 Å². The molecule has 0 aliphatic heterocycles. The lowest BCUT2D eigenvalue weighted by Gasteiger charge is -2.15. The van der Waals surface area contributed by atoms with E-state index in [0.29, 0.717) is 16.9 Å². The summed E-state index contributed by atoms with van der Waals surface area (Å²) in [6.45, 7) is 21.8. The van der Waals surface area contributed by atoms with Crippen LogP contribution in [0.25, 0.3) is 0 Å². The minimum absolute atomic E-state index is 0.147. The smallest absolute Gasteiger partial charge is 0.0985 e. The highest BCUT2D eigenvalue weighted by Gasteiger charge is 2.63. The summed E-state index contributed by atoms with van der Waals surface area (Å²) < 4.78 is 0. The molecule has 2 nitrogen and oxygen atoms in total. The molecule has 1 aliphatic carbocycles. The lowest BCUT2D eigenvalue weighted by atomic mass is 9.98. The van der Waals surface area contributed by atoms with Crippen molar-refractivity contribution in [2.45, 2.75) is 73.8 Å². The van der Waals surface area contributed by atoms with Gasteiger partial charge in [-0.25, -0.2) is 4.98 Å². The highest BCUT2D eigenvalue weighted by molar-refractivity contribution is 7.12. The second-order valence-corrected chi connectivity index (χ2v) is 9.88. The zero-order valence-electron chi connectivity index (χ0n) is 15.2. The standard InChI is InChI=1S/C18H32N2S/c1-11(19-10-13-17(6,7)18(13,8)9)14-12(2)20-15(21-14)16(3,4)5/h11,13,19H,10H2,1-9H3. The van der Waals surface area contributed by atoms with Gasteiger partial charge in [0.05, 0.1) is 10.7 Å². The molecule has 1 saturated carbocycles. The van der Waals surface area contributed by atoms with Gasteiger partial charge in [-0.1, -0.05) is 48.5 Å². The van der Waals surface area contributed by atoms with Gasteiger partial charge in [-0.15, -0.1) is 11.3 Å². The van der Waals surface area contributed by atoms with Gasteiger partial charge in [-0.2, -0.15) is 0 Å². The van der Waals surface area contributed by atoms with Gasteiger partial charge in [-0.05, 0) is 37.1 Å². The van der Waals surface area contributed by atoms with Crippen LogP contribution in [0.15, 0.2) is 0 Å². The van der Waals surface area contributed by atoms with E-state index in [9.17, 15) is 0 Å². The number of hydrogen-bond donors (Lipinski definition) is 1. The molecule has 1 unspecified atom stereocenters. The SMILES string of the molecule is Cc1nc(C(C)(C)C)sc1C(C)NCC1C(C)(C)C1(C)C. The maximum Gasteiger partial charge on any atom is 0.0985 e. The molecule has 0 saturated heterocycles. The van der Waals surface area contributed by atoms with E-state index >= 15 is 0 Å². The van der Waals surface area contributed by atoms with Crippen molar-refractivity contribution in [2.75, 3.05) is 6.54 Å². The number of aryl methyl sites for hydroxylation is 1. The van der Waals surface area contributed by atoms with Crippen molar-refractivity contribution >= 4 is 11.3 Å². The molecule has 0 bridgehead atoms. The predicted octanol–water partition coefficient (Wildman–Crippen LogP) is 5.08. The average Bonchev–Trinajstić information content (AvgIpc) is 2.63. The third kappa shape index (κ3) is 2.92. The van der Waals surface area contributed by atoms with Crippen LogP contribution in [0.5, 0.6) is 0 Å². The molecule has 0 aromatic carbocycles. The molecule has 1 atom stereocenters. The zero-order valence-corrected chi connectivity index (χ0v) is 16.0. The van der Waals surface area contributed by atoms with Gasteiger partial charge in [-0.3, -0.25) is 0 Å². The van der Waals surface area contributed by atoms with Crippen LogP contribution in [0.4, 0.5) is 0 Å². The molecular weight excluding hydrogens is 276 g/mol. The van der Waals surface area contributed by atoms with Crippen LogP contribution >= 0.6 is 11.3 Å². The van der Waals surface area contributed by atoms with E-state index in [1.165, 1.54) is 15.6 Å². The Labute approximate surface area is 134 Å². The van der Waals surface area contributed by atoms with Crippen molar-refractivity contribution in [1.29, 1.82) is 0 Å². The topological polar surface area (TPSA) is 24.9 Å². The summed E-state index contributed by atoms with van der Waals surface area (Å²) in [5, 5.41) is 4.99. The molecule has 1 aromatic rings. The summed E-state index contributed by atoms with van der Waals surface area (Å²) in [5.74, 6) is 0.766. The monoisotopic (exact) mass is 308 g/mol. The third-order valence-electron chi connectivity index (χ3n) is 5.82. The molecule has 3 heteroatoms. The molecule has 0 radical (unpaired) electrons. The third-order valence-corrected chi connectivity index (χ3v) is 7.58. The second kappa shape index (κ2) is 5.06. The Balaban J connectivity index is 2.02. The van der Waals surface area contributed by atoms with Crippen molar-refractivity contribution in [3.8, 4) is 0 Å². The number of nitrogens with zero attached hydrogens (tertiary/aromatic N) is 1. The lowest BCUT2D eigenvalue weighted by Crippen LogP contribution is -2.23. The van der Waals surface area contributed by atoms with Crippen molar-refractivity contribution in [3.05, 3.63) is 15.6 Å². The van der Waals surface area contributed by atoms with Crippen LogP contribution in [0.1, 0.15) is 77.0 Å². The molecule has 21 heavy (non-hydrogen) atoms. The molecule has 0 spiro atoms. The van der Waals surface area contributed by atoms with Gasteiger partial charge in [0, 0.05) is 16.3 Å². The van der Waals surface area contributed by atoms with Gasteiger partial charge in [0.15, 0.2) is 0 Å². The zero-order chi connectivity index (χ0) is 16.2. The van der Waals surface area contributed by atoms with Crippen LogP contribution in [0, 0.1) is 23.7 Å². The molecular formula is C18H32N2S. The summed E-state index contributed by atoms with van der Waals surface area (Å²) in [7, 11) is 0. The highest BCUT2D eigenvalue weighted by atomic mass is 32.1. The number of hydrogen-bond acceptors (Lipinski definition) is 3. The number of rotatable bonds is 4. The Bertz CT molecular complexity index is 506. The van der Waals surface area contributed by atoms with Gasteiger partial charge in [0.1, 0.15) is 0 Å². The van der Waals surface area contributed by atoms with Crippen molar-refractivity contribution < 1.29 is 0 Å². The Kier molecular flexibility index (Phi) is 4.08. The number of nitrogens with one attached hydrogen (secondary N) is 1. The van der Waals surface area contributed by atoms with Gasteiger partial charge < -0.3 is 5.32 Å². The Morgan fingerprint density at radius 1 is 1.19 bits per heavy atom. The van der Waals surface area contributed by atoms with Crippen LogP contribution in [0.2, 0.25) is 0 Å². The molecule has 1 heterocycles. The normalized spacial score (nSPS) is 22.3. The summed E-state index contributed by atoms with van der Waals surface area (Å²) in [5.41, 5.74) is 2.26. The Hall–Kier alpha value is -0.410. The fourth-order valence-corrected chi connectivity index (χ4v) is 4.51. The summed E-state index contributed by atoms with van der Waals surface area (Å²) in [6, 6.07) is 0.394. The van der Waals surface area contributed by atoms with Gasteiger partial charge in [0.25, 0.3) is 0 Å². The highest BCUT2D eigenvalue weighted by Crippen LogP contribution is 2.68. The van der Waals surface area contributed by atoms with E-state index < -0.39 is 0 Å². The summed E-state index contributed by atoms with van der Waals surface area (Å²) in [6.07, 6.45) is 0. The van der Waals surface area contributed by atoms with Crippen molar-refractivity contribution in [2.24, 2.45) is 16.7 Å². The quantitative estimate of drug-likeness (QED) is 0.839. The summed E-state index contributed by atoms with van der Waals surface area (Å²) in [4.78, 5) is 6.18. The predicted molar refractivity (Wildman–Crippen MR) is 93.0 cm³/mol. The first kappa shape index (κ1) is 17.0. The fourth-order valence-electron chi connectivity index (χ4n) is 3.36. The van der Waals surface area contributed by atoms with E-state index in [1.807, 2.05) is 11.3 Å². The van der Waals surface area contributed by atoms with Gasteiger partial charge in [0.2, 0.25) is 0 Å². The van der Waals surface area contributed by atoms with Crippen LogP contribution in [0.3, 0.4) is 0 Å². The van der Waals surface area contributed by atoms with E-state index in [1.54, 1.807) is 0 Å². The molecule has 1 N–H and O–H groups in total. The maximum atomic E-state index is 4.78. The Morgan fingerprint density at radius 3 is 2.10 bits per heavy atom. The first-order valence-corrected chi connectivity index (χ1v) is 8.92. The number of aromatic nitrogens is 1. The minimum Gasteiger partial charge on any atom is -0.309 e. The van der Waals surface area contributed by atoms with Crippen LogP contribution in [-0.2, 0) is 5.41 Å². The van der Waals surface area contributed by atoms with Crippen molar-refractivity contribution in [1.82, 2.24) is 10.3 Å². The lowest BCUT2D eigenvalue weighted by molar-refractivity contribution is 0.457. The van der Waals surface area contributed by atoms with Crippen LogP contribution < -0.4 is 5.32 Å². The van der Waals surface area contributed by atoms with E-state index in [-0.39, 0.29) is 5.41 Å². The fraction of sp³-hybridized carbons (Fsp3) is 0.833. The van der Waals surface area contributed by atoms with E-state index in [4.69, 9.17) is 4.98 Å². The number of thiazole rings is 1. The first-order valence-electron chi connectivity index (χ1n) is 8.10. The van der Waals surface area contributed by atoms with Gasteiger partial charge >= 0.3 is 0 Å². The molecule has 0 amide bonds. The van der Waals surface area contributed by atoms with E-state index in [2.05, 4.69) is 67.6 Å². The van der Waals surface area contributed by atoms with Crippen molar-refractivity contribution in [3.63, 3.8) is 0 Å². The second-order valence-electron chi connectivity index (χ2n) is 8.84. The molecule has 120 valence electrons. The molecule has 1 aromatic heterocycles. The average molecular weight is 309 g/mol. The first-order chi connectivity index (χ1) is 9.39. The molecule has 2 rings (SSSR count).